The molecule has 0 radical (unpaired) electrons. The number of rotatable bonds is 8. The fraction of sp³-hybridized carbons (Fsp3) is 0.519. The normalized spacial score (nSPS) is 24.1. The van der Waals surface area contributed by atoms with Gasteiger partial charge in [0, 0.05) is 48.6 Å². The highest BCUT2D eigenvalue weighted by Crippen LogP contribution is 2.31. The quantitative estimate of drug-likeness (QED) is 0.480. The number of amides is 1. The zero-order chi connectivity index (χ0) is 24.5. The molecule has 186 valence electrons. The fourth-order valence-corrected chi connectivity index (χ4v) is 5.31. The topological polar surface area (TPSA) is 92.5 Å². The lowest BCUT2D eigenvalue weighted by Gasteiger charge is -2.31. The Morgan fingerprint density at radius 1 is 1.17 bits per heavy atom. The molecule has 5 rings (SSSR count). The van der Waals surface area contributed by atoms with E-state index >= 15 is 0 Å². The number of imidazole rings is 1. The minimum atomic E-state index is -0.303. The molecular weight excluding hydrogens is 442 g/mol. The smallest absolute Gasteiger partial charge is 0.251 e. The summed E-state index contributed by atoms with van der Waals surface area (Å²) in [6, 6.07) is 10.8. The van der Waals surface area contributed by atoms with Crippen LogP contribution in [0.2, 0.25) is 0 Å². The summed E-state index contributed by atoms with van der Waals surface area (Å²) in [4.78, 5) is 24.8. The number of carbonyl (C=O) groups excluding carboxylic acids is 1. The van der Waals surface area contributed by atoms with E-state index in [1.807, 2.05) is 31.3 Å². The van der Waals surface area contributed by atoms with Gasteiger partial charge in [0.25, 0.3) is 5.91 Å². The second-order valence-corrected chi connectivity index (χ2v) is 9.87. The molecule has 1 saturated heterocycles. The number of pyridine rings is 1. The third-order valence-corrected chi connectivity index (χ3v) is 7.34. The van der Waals surface area contributed by atoms with Crippen LogP contribution in [0, 0.1) is 0 Å². The Labute approximate surface area is 206 Å². The van der Waals surface area contributed by atoms with E-state index < -0.39 is 0 Å². The fourth-order valence-electron chi connectivity index (χ4n) is 5.31. The Hall–Kier alpha value is -2.97. The van der Waals surface area contributed by atoms with Gasteiger partial charge in [0.05, 0.1) is 23.7 Å². The molecular formula is C27H35N5O3. The number of anilines is 1. The van der Waals surface area contributed by atoms with Crippen molar-refractivity contribution in [3.63, 3.8) is 0 Å². The van der Waals surface area contributed by atoms with E-state index in [1.54, 1.807) is 0 Å². The summed E-state index contributed by atoms with van der Waals surface area (Å²) < 4.78 is 7.78. The van der Waals surface area contributed by atoms with Crippen LogP contribution >= 0.6 is 0 Å². The number of nitrogens with one attached hydrogen (secondary N) is 1. The summed E-state index contributed by atoms with van der Waals surface area (Å²) >= 11 is 0. The molecule has 0 unspecified atom stereocenters. The number of aliphatic hydroxyl groups excluding tert-OH is 1. The maximum Gasteiger partial charge on any atom is 0.251 e. The lowest BCUT2D eigenvalue weighted by Crippen LogP contribution is -2.46. The Morgan fingerprint density at radius 3 is 2.60 bits per heavy atom. The van der Waals surface area contributed by atoms with E-state index in [0.29, 0.717) is 50.2 Å². The minimum absolute atomic E-state index is 0.0399. The predicted molar refractivity (Wildman–Crippen MR) is 137 cm³/mol. The van der Waals surface area contributed by atoms with Crippen molar-refractivity contribution in [3.05, 3.63) is 42.1 Å². The monoisotopic (exact) mass is 477 g/mol. The molecule has 1 aliphatic heterocycles. The Balaban J connectivity index is 1.44. The third kappa shape index (κ3) is 4.77. The van der Waals surface area contributed by atoms with Gasteiger partial charge in [0.15, 0.2) is 0 Å². The van der Waals surface area contributed by atoms with Crippen LogP contribution in [0.25, 0.3) is 22.4 Å². The summed E-state index contributed by atoms with van der Waals surface area (Å²) in [5.74, 6) is 1.69. The molecule has 8 nitrogen and oxygen atoms in total. The number of nitrogens with zero attached hydrogens (tertiary/aromatic N) is 4. The summed E-state index contributed by atoms with van der Waals surface area (Å²) in [5, 5.41) is 12.5. The van der Waals surface area contributed by atoms with Crippen molar-refractivity contribution in [2.75, 3.05) is 18.1 Å². The molecule has 8 heteroatoms. The zero-order valence-electron chi connectivity index (χ0n) is 20.8. The van der Waals surface area contributed by atoms with Crippen LogP contribution in [0.4, 0.5) is 5.82 Å². The largest absolute Gasteiger partial charge is 0.393 e. The van der Waals surface area contributed by atoms with E-state index in [0.717, 1.165) is 28.2 Å². The van der Waals surface area contributed by atoms with Crippen LogP contribution in [0.1, 0.15) is 56.8 Å². The van der Waals surface area contributed by atoms with Crippen molar-refractivity contribution in [1.82, 2.24) is 19.9 Å². The van der Waals surface area contributed by atoms with Crippen molar-refractivity contribution in [2.45, 2.75) is 77.2 Å². The van der Waals surface area contributed by atoms with E-state index in [-0.39, 0.29) is 18.1 Å². The van der Waals surface area contributed by atoms with Gasteiger partial charge >= 0.3 is 0 Å². The Morgan fingerprint density at radius 2 is 1.94 bits per heavy atom. The summed E-state index contributed by atoms with van der Waals surface area (Å²) in [7, 11) is 0. The molecule has 2 fully saturated rings. The van der Waals surface area contributed by atoms with Gasteiger partial charge in [-0.1, -0.05) is 0 Å². The molecule has 35 heavy (non-hydrogen) atoms. The van der Waals surface area contributed by atoms with Crippen LogP contribution < -0.4 is 10.2 Å². The van der Waals surface area contributed by atoms with Gasteiger partial charge in [-0.25, -0.2) is 9.97 Å². The molecule has 2 aliphatic rings. The molecule has 0 spiro atoms. The zero-order valence-corrected chi connectivity index (χ0v) is 20.8. The molecule has 1 aliphatic carbocycles. The highest BCUT2D eigenvalue weighted by atomic mass is 16.5. The first-order chi connectivity index (χ1) is 16.9. The number of ether oxygens (including phenoxy) is 1. The van der Waals surface area contributed by atoms with Gasteiger partial charge in [-0.3, -0.25) is 4.79 Å². The van der Waals surface area contributed by atoms with Crippen LogP contribution in [-0.4, -0.2) is 63.0 Å². The molecule has 2 N–H and O–H groups in total. The number of carbonyl (C=O) groups is 1. The maximum atomic E-state index is 12.7. The molecule has 0 bridgehead atoms. The molecule has 2 aromatic heterocycles. The summed E-state index contributed by atoms with van der Waals surface area (Å²) in [6.07, 6.45) is 5.21. The van der Waals surface area contributed by atoms with Crippen molar-refractivity contribution in [1.29, 1.82) is 0 Å². The van der Waals surface area contributed by atoms with Crippen molar-refractivity contribution < 1.29 is 14.6 Å². The van der Waals surface area contributed by atoms with Gasteiger partial charge in [0.2, 0.25) is 0 Å². The van der Waals surface area contributed by atoms with Gasteiger partial charge in [-0.15, -0.1) is 0 Å². The first-order valence-electron chi connectivity index (χ1n) is 12.8. The first-order valence-corrected chi connectivity index (χ1v) is 12.8. The van der Waals surface area contributed by atoms with E-state index in [9.17, 15) is 9.90 Å². The number of hydrogen-bond donors (Lipinski definition) is 2. The van der Waals surface area contributed by atoms with Crippen molar-refractivity contribution >= 4 is 22.8 Å². The number of aliphatic hydroxyl groups is 1. The minimum Gasteiger partial charge on any atom is -0.393 e. The molecule has 3 aromatic rings. The second kappa shape index (κ2) is 9.95. The second-order valence-electron chi connectivity index (χ2n) is 9.87. The summed E-state index contributed by atoms with van der Waals surface area (Å²) in [6.45, 7) is 8.40. The van der Waals surface area contributed by atoms with Gasteiger partial charge in [-0.05, 0) is 76.8 Å². The van der Waals surface area contributed by atoms with Gasteiger partial charge in [-0.2, -0.15) is 0 Å². The third-order valence-electron chi connectivity index (χ3n) is 7.34. The van der Waals surface area contributed by atoms with Gasteiger partial charge < -0.3 is 24.6 Å². The van der Waals surface area contributed by atoms with Crippen LogP contribution in [0.5, 0.6) is 0 Å². The van der Waals surface area contributed by atoms with E-state index in [1.165, 1.54) is 12.8 Å². The number of benzene rings is 1. The molecule has 1 aromatic carbocycles. The SMILES string of the molecule is CCOCCn1c(-c2ccc(N3[C@@H](C)CC[C@@H]3C)nc2)nc2cc(C(=O)NC3CC(O)C3)ccc21. The lowest BCUT2D eigenvalue weighted by atomic mass is 9.89. The van der Waals surface area contributed by atoms with Crippen LogP contribution in [0.15, 0.2) is 36.5 Å². The van der Waals surface area contributed by atoms with Crippen LogP contribution in [0.3, 0.4) is 0 Å². The molecule has 2 atom stereocenters. The standard InChI is InChI=1S/C27H35N5O3/c1-4-35-12-11-31-24-9-7-19(27(34)29-21-14-22(33)15-21)13-23(24)30-26(31)20-8-10-25(28-16-20)32-17(2)5-6-18(32)3/h7-10,13,16-18,21-22,33H,4-6,11-12,14-15H2,1-3H3,(H,29,34)/t17-,18-,21?,22?/m0/s1. The highest BCUT2D eigenvalue weighted by Gasteiger charge is 2.29. The average molecular weight is 478 g/mol. The maximum absolute atomic E-state index is 12.7. The molecule has 1 saturated carbocycles. The molecule has 3 heterocycles. The number of hydrogen-bond acceptors (Lipinski definition) is 6. The lowest BCUT2D eigenvalue weighted by molar-refractivity contribution is 0.0562. The predicted octanol–water partition coefficient (Wildman–Crippen LogP) is 3.77. The Kier molecular flexibility index (Phi) is 6.75. The Bertz CT molecular complexity index is 1180. The number of aromatic nitrogens is 3. The van der Waals surface area contributed by atoms with Crippen molar-refractivity contribution in [3.8, 4) is 11.4 Å². The van der Waals surface area contributed by atoms with E-state index in [2.05, 4.69) is 40.8 Å². The number of fused-ring (bicyclic) bond motifs is 1. The van der Waals surface area contributed by atoms with Crippen molar-refractivity contribution in [2.24, 2.45) is 0 Å². The average Bonchev–Trinajstić information content (AvgIpc) is 3.37. The van der Waals surface area contributed by atoms with Gasteiger partial charge in [0.1, 0.15) is 11.6 Å². The van der Waals surface area contributed by atoms with Crippen LogP contribution in [-0.2, 0) is 11.3 Å². The molecule has 1 amide bonds. The first kappa shape index (κ1) is 23.8. The van der Waals surface area contributed by atoms with E-state index in [4.69, 9.17) is 14.7 Å². The highest BCUT2D eigenvalue weighted by molar-refractivity contribution is 5.98. The summed E-state index contributed by atoms with van der Waals surface area (Å²) in [5.41, 5.74) is 3.24.